The van der Waals surface area contributed by atoms with Gasteiger partial charge in [0.1, 0.15) is 0 Å². The highest BCUT2D eigenvalue weighted by molar-refractivity contribution is 5.89. The maximum atomic E-state index is 2.59. The molecule has 13 rings (SSSR count). The van der Waals surface area contributed by atoms with Crippen molar-refractivity contribution in [3.8, 4) is 33.4 Å². The summed E-state index contributed by atoms with van der Waals surface area (Å²) >= 11 is 0. The molecule has 6 aromatic rings. The lowest BCUT2D eigenvalue weighted by atomic mass is 9.27. The van der Waals surface area contributed by atoms with E-state index in [4.69, 9.17) is 0 Å². The molecule has 0 heterocycles. The Kier molecular flexibility index (Phi) is 7.63. The van der Waals surface area contributed by atoms with Gasteiger partial charge in [-0.1, -0.05) is 146 Å². The topological polar surface area (TPSA) is 3.24 Å². The first-order valence-electron chi connectivity index (χ1n) is 24.7. The van der Waals surface area contributed by atoms with Crippen molar-refractivity contribution in [2.45, 2.75) is 134 Å². The molecule has 0 amide bonds. The molecule has 318 valence electrons. The number of anilines is 3. The van der Waals surface area contributed by atoms with Gasteiger partial charge in [-0.25, -0.2) is 0 Å². The molecule has 0 aliphatic heterocycles. The van der Waals surface area contributed by atoms with Crippen molar-refractivity contribution >= 4 is 17.1 Å². The highest BCUT2D eigenvalue weighted by Gasteiger charge is 2.84. The highest BCUT2D eigenvalue weighted by atomic mass is 15.1. The second-order valence-electron chi connectivity index (χ2n) is 24.3. The molecule has 7 aliphatic rings. The average Bonchev–Trinajstić information content (AvgIpc) is 3.91. The summed E-state index contributed by atoms with van der Waals surface area (Å²) in [6.45, 7) is 19.6. The molecule has 1 heteroatoms. The van der Waals surface area contributed by atoms with Gasteiger partial charge < -0.3 is 4.90 Å². The van der Waals surface area contributed by atoms with Gasteiger partial charge in [0.2, 0.25) is 0 Å². The van der Waals surface area contributed by atoms with E-state index in [-0.39, 0.29) is 27.1 Å². The Bertz CT molecular complexity index is 2760. The van der Waals surface area contributed by atoms with Crippen molar-refractivity contribution in [3.63, 3.8) is 0 Å². The van der Waals surface area contributed by atoms with Gasteiger partial charge in [0.05, 0.1) is 0 Å². The van der Waals surface area contributed by atoms with Crippen LogP contribution in [0.5, 0.6) is 0 Å². The smallest absolute Gasteiger partial charge is 0.0468 e. The predicted octanol–water partition coefficient (Wildman–Crippen LogP) is 16.5. The van der Waals surface area contributed by atoms with Crippen molar-refractivity contribution in [2.75, 3.05) is 4.90 Å². The van der Waals surface area contributed by atoms with Gasteiger partial charge in [-0.3, -0.25) is 0 Å². The molecule has 1 nitrogen and oxygen atoms in total. The maximum Gasteiger partial charge on any atom is 0.0468 e. The normalized spacial score (nSPS) is 29.7. The lowest BCUT2D eigenvalue weighted by molar-refractivity contribution is -0.231. The first-order valence-corrected chi connectivity index (χ1v) is 24.7. The van der Waals surface area contributed by atoms with Crippen molar-refractivity contribution in [1.82, 2.24) is 0 Å². The Labute approximate surface area is 377 Å². The van der Waals surface area contributed by atoms with Crippen LogP contribution in [0.25, 0.3) is 33.4 Å². The van der Waals surface area contributed by atoms with Crippen molar-refractivity contribution in [2.24, 2.45) is 29.1 Å². The minimum absolute atomic E-state index is 0.132. The monoisotopic (exact) mass is 824 g/mol. The van der Waals surface area contributed by atoms with Crippen LogP contribution in [-0.2, 0) is 27.1 Å². The largest absolute Gasteiger partial charge is 0.310 e. The molecule has 7 aliphatic carbocycles. The molecule has 4 fully saturated rings. The first kappa shape index (κ1) is 38.6. The average molecular weight is 824 g/mol. The Hall–Kier alpha value is -4.88. The second-order valence-corrected chi connectivity index (χ2v) is 24.3. The number of hydrogen-bond acceptors (Lipinski definition) is 1. The lowest BCUT2D eigenvalue weighted by Gasteiger charge is -2.76. The van der Waals surface area contributed by atoms with E-state index in [0.717, 1.165) is 23.7 Å². The van der Waals surface area contributed by atoms with E-state index in [1.54, 1.807) is 11.1 Å². The summed E-state index contributed by atoms with van der Waals surface area (Å²) in [6, 6.07) is 50.5. The zero-order chi connectivity index (χ0) is 43.1. The van der Waals surface area contributed by atoms with E-state index < -0.39 is 0 Å². The number of fused-ring (bicyclic) bond motifs is 10. The van der Waals surface area contributed by atoms with E-state index in [9.17, 15) is 0 Å². The number of hydrogen-bond donors (Lipinski definition) is 0. The molecular weight excluding hydrogens is 759 g/mol. The molecule has 0 radical (unpaired) electrons. The van der Waals surface area contributed by atoms with Crippen molar-refractivity contribution in [3.05, 3.63) is 161 Å². The molecule has 6 aromatic carbocycles. The molecular formula is C62H65N. The molecule has 0 saturated heterocycles. The summed E-state index contributed by atoms with van der Waals surface area (Å²) in [6.07, 6.45) is 10.7. The third-order valence-corrected chi connectivity index (χ3v) is 19.4. The van der Waals surface area contributed by atoms with Crippen molar-refractivity contribution in [1.29, 1.82) is 0 Å². The Morgan fingerprint density at radius 2 is 0.889 bits per heavy atom. The van der Waals surface area contributed by atoms with E-state index in [0.29, 0.717) is 5.41 Å². The minimum Gasteiger partial charge on any atom is -0.310 e. The zero-order valence-corrected chi connectivity index (χ0v) is 39.0. The summed E-state index contributed by atoms with van der Waals surface area (Å²) in [4.78, 5) is 2.54. The first-order chi connectivity index (χ1) is 30.1. The summed E-state index contributed by atoms with van der Waals surface area (Å²) in [5.41, 5.74) is 22.9. The van der Waals surface area contributed by atoms with Crippen LogP contribution in [0, 0.1) is 29.1 Å². The van der Waals surface area contributed by atoms with Gasteiger partial charge in [-0.2, -0.15) is 0 Å². The van der Waals surface area contributed by atoms with E-state index >= 15 is 0 Å². The molecule has 0 N–H and O–H groups in total. The third-order valence-electron chi connectivity index (χ3n) is 19.4. The minimum atomic E-state index is 0.132. The summed E-state index contributed by atoms with van der Waals surface area (Å²) < 4.78 is 0. The predicted molar refractivity (Wildman–Crippen MR) is 264 cm³/mol. The van der Waals surface area contributed by atoms with Crippen LogP contribution in [0.1, 0.15) is 140 Å². The van der Waals surface area contributed by atoms with Crippen molar-refractivity contribution < 1.29 is 0 Å². The van der Waals surface area contributed by atoms with Gasteiger partial charge in [0.15, 0.2) is 0 Å². The number of nitrogens with zero attached hydrogens (tertiary/aromatic N) is 1. The van der Waals surface area contributed by atoms with E-state index in [1.165, 1.54) is 124 Å². The number of rotatable bonds is 5. The third kappa shape index (κ3) is 4.90. The Balaban J connectivity index is 0.946. The Morgan fingerprint density at radius 3 is 1.46 bits per heavy atom. The van der Waals surface area contributed by atoms with Gasteiger partial charge >= 0.3 is 0 Å². The van der Waals surface area contributed by atoms with Crippen LogP contribution in [0.15, 0.2) is 127 Å². The fraction of sp³-hybridized carbons (Fsp3) is 0.419. The second kappa shape index (κ2) is 12.5. The van der Waals surface area contributed by atoms with Crippen LogP contribution in [0.3, 0.4) is 0 Å². The lowest BCUT2D eigenvalue weighted by Crippen LogP contribution is -2.73. The van der Waals surface area contributed by atoms with Gasteiger partial charge in [0, 0.05) is 22.5 Å². The van der Waals surface area contributed by atoms with Crippen LogP contribution >= 0.6 is 0 Å². The standard InChI is InChI=1S/C62H65N/c1-57(2)29-31-59(5,6)55-45(14-11-17-51(55)57)39-19-23-42(24-20-39)63(43-25-21-40(22-26-43)46-15-12-18-52-56(46)60(7,8)32-30-58(52,3)4)44-27-28-50-48(36-44)47-13-9-10-16-49(47)62(50)53-34-38-33-41-35-54(62)61(41,53)37-38/h9-28,36,38,41,53-54H,29-35,37H2,1-8H3. The van der Waals surface area contributed by atoms with Gasteiger partial charge in [-0.05, 0) is 205 Å². The van der Waals surface area contributed by atoms with E-state index in [2.05, 4.69) is 188 Å². The van der Waals surface area contributed by atoms with Gasteiger partial charge in [0.25, 0.3) is 0 Å². The summed E-state index contributed by atoms with van der Waals surface area (Å²) in [7, 11) is 0. The number of benzene rings is 6. The molecule has 4 saturated carbocycles. The van der Waals surface area contributed by atoms with Crippen LogP contribution in [0.2, 0.25) is 0 Å². The van der Waals surface area contributed by atoms with Crippen LogP contribution in [0.4, 0.5) is 17.1 Å². The van der Waals surface area contributed by atoms with Crippen LogP contribution < -0.4 is 4.90 Å². The molecule has 63 heavy (non-hydrogen) atoms. The van der Waals surface area contributed by atoms with E-state index in [1.807, 2.05) is 0 Å². The molecule has 2 spiro atoms. The quantitative estimate of drug-likeness (QED) is 0.167. The summed E-state index contributed by atoms with van der Waals surface area (Å²) in [5.74, 6) is 3.58. The zero-order valence-electron chi connectivity index (χ0n) is 39.0. The van der Waals surface area contributed by atoms with Gasteiger partial charge in [-0.15, -0.1) is 0 Å². The SMILES string of the molecule is CC1(C)CCC(C)(C)c2c(-c3ccc(N(c4ccc(-c5cccc6c5C(C)(C)CCC6(C)C)cc4)c4ccc5c(c4)-c4ccccc4C54C5CC6CC7CC4C75C6)cc3)cccc21. The summed E-state index contributed by atoms with van der Waals surface area (Å²) in [5, 5.41) is 0. The molecule has 2 bridgehead atoms. The molecule has 0 aromatic heterocycles. The van der Waals surface area contributed by atoms with Crippen LogP contribution in [-0.4, -0.2) is 0 Å². The fourth-order valence-electron chi connectivity index (χ4n) is 16.4. The fourth-order valence-corrected chi connectivity index (χ4v) is 16.4. The molecule has 6 unspecified atom stereocenters. The molecule has 6 atom stereocenters. The maximum absolute atomic E-state index is 2.59. The Morgan fingerprint density at radius 1 is 0.413 bits per heavy atom. The highest BCUT2D eigenvalue weighted by Crippen LogP contribution is 2.89.